The summed E-state index contributed by atoms with van der Waals surface area (Å²) in [6.07, 6.45) is 1.53. The monoisotopic (exact) mass is 178 g/mol. The highest BCUT2D eigenvalue weighted by Gasteiger charge is 2.09. The van der Waals surface area contributed by atoms with Crippen LogP contribution in [0.2, 0.25) is 0 Å². The lowest BCUT2D eigenvalue weighted by Crippen LogP contribution is -2.11. The zero-order chi connectivity index (χ0) is 9.42. The summed E-state index contributed by atoms with van der Waals surface area (Å²) in [6, 6.07) is -0.233. The smallest absolute Gasteiger partial charge is 0.183 e. The summed E-state index contributed by atoms with van der Waals surface area (Å²) in [5, 5.41) is 0. The van der Waals surface area contributed by atoms with Gasteiger partial charge in [0.25, 0.3) is 0 Å². The van der Waals surface area contributed by atoms with Crippen LogP contribution in [0.15, 0.2) is 6.33 Å². The first kappa shape index (κ1) is 7.93. The Bertz CT molecular complexity index is 431. The predicted octanol–water partition coefficient (Wildman–Crippen LogP) is -0.0452. The fraction of sp³-hybridized carbons (Fsp3) is 0.286. The average molecular weight is 178 g/mol. The van der Waals surface area contributed by atoms with Crippen molar-refractivity contribution in [2.75, 3.05) is 5.73 Å². The van der Waals surface area contributed by atoms with Crippen LogP contribution in [0.25, 0.3) is 11.2 Å². The van der Waals surface area contributed by atoms with E-state index in [1.807, 2.05) is 0 Å². The van der Waals surface area contributed by atoms with Crippen molar-refractivity contribution in [1.29, 1.82) is 0 Å². The number of nitrogen functional groups attached to an aromatic ring is 1. The van der Waals surface area contributed by atoms with Crippen LogP contribution >= 0.6 is 0 Å². The molecule has 0 fully saturated rings. The number of fused-ring (bicyclic) bond motifs is 1. The summed E-state index contributed by atoms with van der Waals surface area (Å²) in [5.74, 6) is 0.895. The van der Waals surface area contributed by atoms with Crippen molar-refractivity contribution in [3.8, 4) is 0 Å². The molecule has 0 saturated carbocycles. The van der Waals surface area contributed by atoms with E-state index in [0.29, 0.717) is 22.8 Å². The zero-order valence-corrected chi connectivity index (χ0v) is 7.15. The van der Waals surface area contributed by atoms with Gasteiger partial charge < -0.3 is 16.5 Å². The summed E-state index contributed by atoms with van der Waals surface area (Å²) in [6.45, 7) is 1.80. The Kier molecular flexibility index (Phi) is 1.63. The van der Waals surface area contributed by atoms with E-state index < -0.39 is 0 Å². The second kappa shape index (κ2) is 2.67. The number of H-pyrrole nitrogens is 1. The molecule has 0 spiro atoms. The minimum atomic E-state index is -0.233. The lowest BCUT2D eigenvalue weighted by molar-refractivity contribution is 0.747. The summed E-state index contributed by atoms with van der Waals surface area (Å²) in [7, 11) is 0. The van der Waals surface area contributed by atoms with Gasteiger partial charge in [-0.25, -0.2) is 15.0 Å². The summed E-state index contributed by atoms with van der Waals surface area (Å²) in [4.78, 5) is 15.0. The van der Waals surface area contributed by atoms with E-state index in [1.54, 1.807) is 6.92 Å². The van der Waals surface area contributed by atoms with E-state index in [1.165, 1.54) is 6.33 Å². The van der Waals surface area contributed by atoms with Gasteiger partial charge in [0.1, 0.15) is 11.3 Å². The molecule has 1 unspecified atom stereocenters. The number of imidazole rings is 1. The Labute approximate surface area is 74.4 Å². The Hall–Kier alpha value is -1.69. The average Bonchev–Trinajstić information content (AvgIpc) is 2.51. The minimum absolute atomic E-state index is 0.233. The van der Waals surface area contributed by atoms with Crippen molar-refractivity contribution in [2.45, 2.75) is 13.0 Å². The van der Waals surface area contributed by atoms with Crippen LogP contribution in [-0.4, -0.2) is 19.9 Å². The molecule has 0 bridgehead atoms. The molecule has 68 valence electrons. The fourth-order valence-electron chi connectivity index (χ4n) is 1.08. The molecule has 0 radical (unpaired) electrons. The molecule has 0 aliphatic rings. The molecule has 13 heavy (non-hydrogen) atoms. The molecule has 0 amide bonds. The van der Waals surface area contributed by atoms with Gasteiger partial charge in [-0.1, -0.05) is 0 Å². The number of aromatic amines is 1. The van der Waals surface area contributed by atoms with Crippen LogP contribution in [0, 0.1) is 0 Å². The number of hydrogen-bond acceptors (Lipinski definition) is 5. The number of hydrogen-bond donors (Lipinski definition) is 3. The highest BCUT2D eigenvalue weighted by atomic mass is 15.1. The van der Waals surface area contributed by atoms with Gasteiger partial charge in [0, 0.05) is 0 Å². The number of rotatable bonds is 1. The number of nitrogens with one attached hydrogen (secondary N) is 1. The maximum atomic E-state index is 5.66. The molecule has 2 rings (SSSR count). The number of nitrogens with two attached hydrogens (primary N) is 2. The zero-order valence-electron chi connectivity index (χ0n) is 7.15. The number of anilines is 1. The van der Waals surface area contributed by atoms with Gasteiger partial charge in [-0.2, -0.15) is 0 Å². The van der Waals surface area contributed by atoms with E-state index in [9.17, 15) is 0 Å². The normalized spacial score (nSPS) is 13.4. The Morgan fingerprint density at radius 3 is 2.92 bits per heavy atom. The van der Waals surface area contributed by atoms with Crippen molar-refractivity contribution < 1.29 is 0 Å². The Morgan fingerprint density at radius 2 is 2.23 bits per heavy atom. The molecular formula is C7H10N6. The van der Waals surface area contributed by atoms with Crippen LogP contribution < -0.4 is 11.5 Å². The Balaban J connectivity index is 2.70. The summed E-state index contributed by atoms with van der Waals surface area (Å²) >= 11 is 0. The molecule has 0 aromatic carbocycles. The first-order chi connectivity index (χ1) is 6.18. The maximum absolute atomic E-state index is 5.66. The van der Waals surface area contributed by atoms with Crippen molar-refractivity contribution in [1.82, 2.24) is 19.9 Å². The lowest BCUT2D eigenvalue weighted by Gasteiger charge is -2.03. The van der Waals surface area contributed by atoms with Gasteiger partial charge in [0.15, 0.2) is 11.5 Å². The van der Waals surface area contributed by atoms with E-state index in [4.69, 9.17) is 11.5 Å². The summed E-state index contributed by atoms with van der Waals surface area (Å²) in [5.41, 5.74) is 12.5. The third kappa shape index (κ3) is 1.20. The maximum Gasteiger partial charge on any atom is 0.183 e. The molecule has 2 aromatic heterocycles. The fourth-order valence-corrected chi connectivity index (χ4v) is 1.08. The predicted molar refractivity (Wildman–Crippen MR) is 48.7 cm³/mol. The molecule has 6 nitrogen and oxygen atoms in total. The van der Waals surface area contributed by atoms with Gasteiger partial charge in [-0.15, -0.1) is 0 Å². The van der Waals surface area contributed by atoms with E-state index >= 15 is 0 Å². The molecule has 0 aliphatic carbocycles. The van der Waals surface area contributed by atoms with Crippen molar-refractivity contribution >= 4 is 17.0 Å². The SMILES string of the molecule is CC(N)c1nc(N)c2[nH]cnc2n1. The molecule has 2 aromatic rings. The second-order valence-corrected chi connectivity index (χ2v) is 2.86. The van der Waals surface area contributed by atoms with Gasteiger partial charge in [-0.05, 0) is 6.92 Å². The third-order valence-electron chi connectivity index (χ3n) is 1.74. The van der Waals surface area contributed by atoms with Crippen LogP contribution in [0.1, 0.15) is 18.8 Å². The van der Waals surface area contributed by atoms with Crippen LogP contribution in [-0.2, 0) is 0 Å². The van der Waals surface area contributed by atoms with Crippen LogP contribution in [0.3, 0.4) is 0 Å². The van der Waals surface area contributed by atoms with Gasteiger partial charge in [0.05, 0.1) is 12.4 Å². The number of nitrogens with zero attached hydrogens (tertiary/aromatic N) is 3. The molecule has 0 saturated heterocycles. The van der Waals surface area contributed by atoms with Crippen LogP contribution in [0.4, 0.5) is 5.82 Å². The quantitative estimate of drug-likeness (QED) is 0.567. The topological polar surface area (TPSA) is 106 Å². The minimum Gasteiger partial charge on any atom is -0.382 e. The molecular weight excluding hydrogens is 168 g/mol. The van der Waals surface area contributed by atoms with Gasteiger partial charge in [0.2, 0.25) is 0 Å². The van der Waals surface area contributed by atoms with E-state index in [0.717, 1.165) is 0 Å². The van der Waals surface area contributed by atoms with Crippen LogP contribution in [0.5, 0.6) is 0 Å². The largest absolute Gasteiger partial charge is 0.382 e. The van der Waals surface area contributed by atoms with E-state index in [2.05, 4.69) is 19.9 Å². The highest BCUT2D eigenvalue weighted by Crippen LogP contribution is 2.15. The molecule has 5 N–H and O–H groups in total. The number of aromatic nitrogens is 4. The highest BCUT2D eigenvalue weighted by molar-refractivity contribution is 5.80. The molecule has 0 aliphatic heterocycles. The molecule has 2 heterocycles. The van der Waals surface area contributed by atoms with Gasteiger partial charge in [-0.3, -0.25) is 0 Å². The first-order valence-corrected chi connectivity index (χ1v) is 3.90. The molecule has 1 atom stereocenters. The second-order valence-electron chi connectivity index (χ2n) is 2.86. The third-order valence-corrected chi connectivity index (χ3v) is 1.74. The summed E-state index contributed by atoms with van der Waals surface area (Å²) < 4.78 is 0. The first-order valence-electron chi connectivity index (χ1n) is 3.90. The standard InChI is InChI=1S/C7H10N6/c1-3(8)6-12-5(9)4-7(13-6)11-2-10-4/h2-3H,8H2,1H3,(H3,9,10,11,12,13). The molecule has 6 heteroatoms. The lowest BCUT2D eigenvalue weighted by atomic mass is 10.3. The Morgan fingerprint density at radius 1 is 1.46 bits per heavy atom. The van der Waals surface area contributed by atoms with E-state index in [-0.39, 0.29) is 6.04 Å². The van der Waals surface area contributed by atoms with Crippen molar-refractivity contribution in [2.24, 2.45) is 5.73 Å². The van der Waals surface area contributed by atoms with Crippen molar-refractivity contribution in [3.05, 3.63) is 12.2 Å². The van der Waals surface area contributed by atoms with Crippen molar-refractivity contribution in [3.63, 3.8) is 0 Å². The van der Waals surface area contributed by atoms with Gasteiger partial charge >= 0.3 is 0 Å².